The van der Waals surface area contributed by atoms with Gasteiger partial charge in [-0.15, -0.1) is 0 Å². The van der Waals surface area contributed by atoms with Crippen LogP contribution in [0.1, 0.15) is 30.1 Å². The largest absolute Gasteiger partial charge is 0.508 e. The van der Waals surface area contributed by atoms with Gasteiger partial charge >= 0.3 is 0 Å². The number of nitro benzene ring substituents is 1. The third-order valence-corrected chi connectivity index (χ3v) is 4.66. The lowest BCUT2D eigenvalue weighted by atomic mass is 9.98. The average molecular weight is 355 g/mol. The second-order valence-corrected chi connectivity index (χ2v) is 6.63. The van der Waals surface area contributed by atoms with Crippen molar-refractivity contribution in [2.45, 2.75) is 19.8 Å². The predicted octanol–water partition coefficient (Wildman–Crippen LogP) is 3.79. The van der Waals surface area contributed by atoms with E-state index in [0.717, 1.165) is 25.9 Å². The van der Waals surface area contributed by atoms with Crippen molar-refractivity contribution in [1.29, 1.82) is 0 Å². The Morgan fingerprint density at radius 2 is 1.96 bits per heavy atom. The van der Waals surface area contributed by atoms with Gasteiger partial charge in [0.1, 0.15) is 5.75 Å². The number of carbonyl (C=O) groups excluding carboxylic acids is 1. The molecule has 1 saturated heterocycles. The number of benzene rings is 2. The minimum atomic E-state index is -0.507. The zero-order chi connectivity index (χ0) is 18.7. The molecule has 2 aromatic rings. The van der Waals surface area contributed by atoms with E-state index in [0.29, 0.717) is 17.3 Å². The highest BCUT2D eigenvalue weighted by Gasteiger charge is 2.23. The second-order valence-electron chi connectivity index (χ2n) is 6.63. The number of amides is 1. The van der Waals surface area contributed by atoms with Crippen LogP contribution in [0.3, 0.4) is 0 Å². The topological polar surface area (TPSA) is 95.7 Å². The molecule has 2 N–H and O–H groups in total. The van der Waals surface area contributed by atoms with Crippen LogP contribution in [0.4, 0.5) is 17.1 Å². The van der Waals surface area contributed by atoms with Crippen LogP contribution in [0, 0.1) is 16.0 Å². The number of piperidine rings is 1. The molecule has 7 heteroatoms. The Kier molecular flexibility index (Phi) is 5.06. The van der Waals surface area contributed by atoms with Crippen LogP contribution in [-0.4, -0.2) is 29.0 Å². The fraction of sp³-hybridized carbons (Fsp3) is 0.316. The number of phenolic OH excluding ortho intramolecular Hbond substituents is 1. The van der Waals surface area contributed by atoms with Gasteiger partial charge in [0, 0.05) is 37.0 Å². The maximum atomic E-state index is 12.8. The molecule has 7 nitrogen and oxygen atoms in total. The van der Waals surface area contributed by atoms with Crippen molar-refractivity contribution in [3.63, 3.8) is 0 Å². The molecular weight excluding hydrogens is 334 g/mol. The van der Waals surface area contributed by atoms with E-state index in [1.165, 1.54) is 24.3 Å². The van der Waals surface area contributed by atoms with Gasteiger partial charge in [-0.1, -0.05) is 13.0 Å². The maximum Gasteiger partial charge on any atom is 0.270 e. The van der Waals surface area contributed by atoms with Crippen LogP contribution < -0.4 is 10.2 Å². The maximum absolute atomic E-state index is 12.8. The summed E-state index contributed by atoms with van der Waals surface area (Å²) in [5, 5.41) is 23.4. The van der Waals surface area contributed by atoms with E-state index in [1.54, 1.807) is 18.2 Å². The normalized spacial score (nSPS) is 14.9. The zero-order valence-electron chi connectivity index (χ0n) is 14.5. The summed E-state index contributed by atoms with van der Waals surface area (Å²) >= 11 is 0. The lowest BCUT2D eigenvalue weighted by Crippen LogP contribution is -2.34. The highest BCUT2D eigenvalue weighted by Crippen LogP contribution is 2.30. The summed E-state index contributed by atoms with van der Waals surface area (Å²) in [5.41, 5.74) is 1.26. The molecule has 0 aliphatic carbocycles. The highest BCUT2D eigenvalue weighted by molar-refractivity contribution is 6.08. The zero-order valence-corrected chi connectivity index (χ0v) is 14.5. The van der Waals surface area contributed by atoms with Crippen molar-refractivity contribution in [1.82, 2.24) is 0 Å². The Bertz CT molecular complexity index is 829. The molecule has 0 bridgehead atoms. The van der Waals surface area contributed by atoms with Gasteiger partial charge < -0.3 is 15.3 Å². The number of aromatic hydroxyl groups is 1. The molecule has 0 spiro atoms. The molecule has 0 unspecified atom stereocenters. The minimum Gasteiger partial charge on any atom is -0.508 e. The first kappa shape index (κ1) is 17.7. The van der Waals surface area contributed by atoms with E-state index in [-0.39, 0.29) is 17.0 Å². The Morgan fingerprint density at radius 3 is 2.62 bits per heavy atom. The van der Waals surface area contributed by atoms with Gasteiger partial charge in [0.15, 0.2) is 0 Å². The van der Waals surface area contributed by atoms with E-state index >= 15 is 0 Å². The number of carbonyl (C=O) groups is 1. The number of hydrogen-bond donors (Lipinski definition) is 2. The molecule has 3 rings (SSSR count). The lowest BCUT2D eigenvalue weighted by Gasteiger charge is -2.33. The first-order valence-corrected chi connectivity index (χ1v) is 8.58. The Hall–Kier alpha value is -3.09. The van der Waals surface area contributed by atoms with Gasteiger partial charge in [0.2, 0.25) is 0 Å². The highest BCUT2D eigenvalue weighted by atomic mass is 16.6. The predicted molar refractivity (Wildman–Crippen MR) is 99.8 cm³/mol. The molecule has 0 atom stereocenters. The van der Waals surface area contributed by atoms with Crippen LogP contribution in [0.25, 0.3) is 0 Å². The first-order valence-electron chi connectivity index (χ1n) is 8.58. The van der Waals surface area contributed by atoms with Crippen LogP contribution in [0.15, 0.2) is 42.5 Å². The number of anilines is 2. The lowest BCUT2D eigenvalue weighted by molar-refractivity contribution is -0.384. The van der Waals surface area contributed by atoms with Crippen molar-refractivity contribution >= 4 is 23.0 Å². The molecule has 0 aromatic heterocycles. The quantitative estimate of drug-likeness (QED) is 0.642. The summed E-state index contributed by atoms with van der Waals surface area (Å²) in [6, 6.07) is 10.6. The molecule has 0 saturated carbocycles. The number of non-ortho nitro benzene ring substituents is 1. The Morgan fingerprint density at radius 1 is 1.23 bits per heavy atom. The molecule has 0 radical (unpaired) electrons. The van der Waals surface area contributed by atoms with Gasteiger partial charge in [0.05, 0.1) is 16.2 Å². The van der Waals surface area contributed by atoms with Crippen LogP contribution in [0.5, 0.6) is 5.75 Å². The summed E-state index contributed by atoms with van der Waals surface area (Å²) in [6.07, 6.45) is 2.04. The molecule has 2 aromatic carbocycles. The van der Waals surface area contributed by atoms with Gasteiger partial charge in [0.25, 0.3) is 11.6 Å². The average Bonchev–Trinajstić information content (AvgIpc) is 2.62. The molecule has 1 aliphatic heterocycles. The van der Waals surface area contributed by atoms with E-state index in [1.807, 2.05) is 0 Å². The number of rotatable bonds is 4. The van der Waals surface area contributed by atoms with E-state index in [4.69, 9.17) is 0 Å². The number of nitro groups is 1. The van der Waals surface area contributed by atoms with Crippen molar-refractivity contribution in [3.05, 3.63) is 58.1 Å². The number of nitrogens with one attached hydrogen (secondary N) is 1. The minimum absolute atomic E-state index is 0.0343. The van der Waals surface area contributed by atoms with Crippen molar-refractivity contribution < 1.29 is 14.8 Å². The van der Waals surface area contributed by atoms with Crippen LogP contribution in [-0.2, 0) is 0 Å². The van der Waals surface area contributed by atoms with Gasteiger partial charge in [-0.3, -0.25) is 14.9 Å². The standard InChI is InChI=1S/C19H21N3O4/c1-13-7-9-21(10-8-13)18-6-5-15(22(25)26)12-17(18)19(24)20-14-3-2-4-16(23)11-14/h2-6,11-13,23H,7-10H2,1H3,(H,20,24). The fourth-order valence-electron chi connectivity index (χ4n) is 3.13. The molecule has 1 fully saturated rings. The number of nitrogens with zero attached hydrogens (tertiary/aromatic N) is 2. The van der Waals surface area contributed by atoms with Gasteiger partial charge in [-0.25, -0.2) is 0 Å². The molecular formula is C19H21N3O4. The van der Waals surface area contributed by atoms with Crippen molar-refractivity contribution in [3.8, 4) is 5.75 Å². The summed E-state index contributed by atoms with van der Waals surface area (Å²) in [5.74, 6) is 0.230. The summed E-state index contributed by atoms with van der Waals surface area (Å²) in [7, 11) is 0. The van der Waals surface area contributed by atoms with E-state index in [2.05, 4.69) is 17.1 Å². The fourth-order valence-corrected chi connectivity index (χ4v) is 3.13. The van der Waals surface area contributed by atoms with E-state index in [9.17, 15) is 20.0 Å². The number of phenols is 1. The second kappa shape index (κ2) is 7.43. The SMILES string of the molecule is CC1CCN(c2ccc([N+](=O)[O-])cc2C(=O)Nc2cccc(O)c2)CC1. The van der Waals surface area contributed by atoms with Gasteiger partial charge in [-0.2, -0.15) is 0 Å². The molecule has 1 heterocycles. The van der Waals surface area contributed by atoms with Crippen LogP contribution in [0.2, 0.25) is 0 Å². The first-order chi connectivity index (χ1) is 12.4. The number of hydrogen-bond acceptors (Lipinski definition) is 5. The monoisotopic (exact) mass is 355 g/mol. The molecule has 26 heavy (non-hydrogen) atoms. The van der Waals surface area contributed by atoms with E-state index < -0.39 is 10.8 Å². The molecule has 136 valence electrons. The molecule has 1 amide bonds. The van der Waals surface area contributed by atoms with Crippen molar-refractivity contribution in [2.75, 3.05) is 23.3 Å². The summed E-state index contributed by atoms with van der Waals surface area (Å²) < 4.78 is 0. The Labute approximate surface area is 151 Å². The Balaban J connectivity index is 1.92. The molecule has 1 aliphatic rings. The smallest absolute Gasteiger partial charge is 0.270 e. The van der Waals surface area contributed by atoms with Crippen LogP contribution >= 0.6 is 0 Å². The summed E-state index contributed by atoms with van der Waals surface area (Å²) in [4.78, 5) is 25.5. The third kappa shape index (κ3) is 3.93. The van der Waals surface area contributed by atoms with Gasteiger partial charge in [-0.05, 0) is 37.0 Å². The van der Waals surface area contributed by atoms with Crippen molar-refractivity contribution in [2.24, 2.45) is 5.92 Å². The summed E-state index contributed by atoms with van der Waals surface area (Å²) in [6.45, 7) is 3.82. The third-order valence-electron chi connectivity index (χ3n) is 4.66.